The van der Waals surface area contributed by atoms with E-state index in [4.69, 9.17) is 12.2 Å². The number of fused-ring (bicyclic) bond motifs is 1. The van der Waals surface area contributed by atoms with Gasteiger partial charge >= 0.3 is 0 Å². The van der Waals surface area contributed by atoms with E-state index < -0.39 is 0 Å². The van der Waals surface area contributed by atoms with Crippen molar-refractivity contribution >= 4 is 29.1 Å². The second kappa shape index (κ2) is 6.91. The van der Waals surface area contributed by atoms with E-state index >= 15 is 0 Å². The van der Waals surface area contributed by atoms with Crippen LogP contribution < -0.4 is 15.5 Å². The molecule has 0 saturated heterocycles. The molecule has 2 aromatic rings. The number of anilines is 2. The third-order valence-corrected chi connectivity index (χ3v) is 4.10. The SMILES string of the molecule is CCNC(=S)Nc1nc(C)cc(N2CCc3ccccc3C2)n1. The Bertz CT molecular complexity index is 716. The molecule has 0 atom stereocenters. The van der Waals surface area contributed by atoms with Gasteiger partial charge in [0.1, 0.15) is 5.82 Å². The fourth-order valence-corrected chi connectivity index (χ4v) is 3.00. The Morgan fingerprint density at radius 3 is 2.83 bits per heavy atom. The van der Waals surface area contributed by atoms with Crippen molar-refractivity contribution in [3.63, 3.8) is 0 Å². The van der Waals surface area contributed by atoms with Gasteiger partial charge < -0.3 is 15.5 Å². The molecule has 1 aromatic carbocycles. The molecule has 2 heterocycles. The number of nitrogens with zero attached hydrogens (tertiary/aromatic N) is 3. The van der Waals surface area contributed by atoms with Crippen LogP contribution in [0.1, 0.15) is 23.7 Å². The molecule has 1 aromatic heterocycles. The summed E-state index contributed by atoms with van der Waals surface area (Å²) in [5.41, 5.74) is 3.73. The average molecular weight is 327 g/mol. The highest BCUT2D eigenvalue weighted by molar-refractivity contribution is 7.80. The van der Waals surface area contributed by atoms with E-state index in [-0.39, 0.29) is 0 Å². The fraction of sp³-hybridized carbons (Fsp3) is 0.353. The number of rotatable bonds is 3. The van der Waals surface area contributed by atoms with E-state index in [0.717, 1.165) is 37.6 Å². The monoisotopic (exact) mass is 327 g/mol. The van der Waals surface area contributed by atoms with E-state index in [1.807, 2.05) is 19.9 Å². The van der Waals surface area contributed by atoms with E-state index in [2.05, 4.69) is 49.8 Å². The van der Waals surface area contributed by atoms with Gasteiger partial charge in [0.15, 0.2) is 5.11 Å². The predicted molar refractivity (Wildman–Crippen MR) is 97.9 cm³/mol. The van der Waals surface area contributed by atoms with Gasteiger partial charge in [-0.1, -0.05) is 24.3 Å². The lowest BCUT2D eigenvalue weighted by molar-refractivity contribution is 0.719. The van der Waals surface area contributed by atoms with Crippen LogP contribution >= 0.6 is 12.2 Å². The highest BCUT2D eigenvalue weighted by Gasteiger charge is 2.18. The first-order valence-corrected chi connectivity index (χ1v) is 8.29. The first-order chi connectivity index (χ1) is 11.2. The Labute approximate surface area is 142 Å². The van der Waals surface area contributed by atoms with Crippen molar-refractivity contribution in [2.75, 3.05) is 23.3 Å². The number of benzene rings is 1. The predicted octanol–water partition coefficient (Wildman–Crippen LogP) is 2.65. The highest BCUT2D eigenvalue weighted by atomic mass is 32.1. The van der Waals surface area contributed by atoms with E-state index in [1.165, 1.54) is 11.1 Å². The van der Waals surface area contributed by atoms with Crippen molar-refractivity contribution in [2.24, 2.45) is 0 Å². The van der Waals surface area contributed by atoms with Crippen molar-refractivity contribution in [3.05, 3.63) is 47.2 Å². The molecule has 1 aliphatic heterocycles. The normalized spacial score (nSPS) is 13.4. The first-order valence-electron chi connectivity index (χ1n) is 7.88. The maximum absolute atomic E-state index is 5.21. The van der Waals surface area contributed by atoms with Gasteiger partial charge in [0.2, 0.25) is 5.95 Å². The van der Waals surface area contributed by atoms with E-state index in [1.54, 1.807) is 0 Å². The molecule has 23 heavy (non-hydrogen) atoms. The number of nitrogens with one attached hydrogen (secondary N) is 2. The molecule has 0 amide bonds. The third kappa shape index (κ3) is 3.76. The standard InChI is InChI=1S/C17H21N5S/c1-3-18-17(23)21-16-19-12(2)10-15(20-16)22-9-8-13-6-4-5-7-14(13)11-22/h4-7,10H,3,8-9,11H2,1-2H3,(H2,18,19,20,21,23). The minimum atomic E-state index is 0.546. The summed E-state index contributed by atoms with van der Waals surface area (Å²) >= 11 is 5.21. The Morgan fingerprint density at radius 1 is 1.26 bits per heavy atom. The van der Waals surface area contributed by atoms with Crippen LogP contribution in [-0.2, 0) is 13.0 Å². The quantitative estimate of drug-likeness (QED) is 0.846. The van der Waals surface area contributed by atoms with Crippen LogP contribution in [0.3, 0.4) is 0 Å². The summed E-state index contributed by atoms with van der Waals surface area (Å²) in [5.74, 6) is 1.48. The molecule has 0 spiro atoms. The van der Waals surface area contributed by atoms with E-state index in [0.29, 0.717) is 11.1 Å². The van der Waals surface area contributed by atoms with Gasteiger partial charge in [-0.15, -0.1) is 0 Å². The molecular weight excluding hydrogens is 306 g/mol. The van der Waals surface area contributed by atoms with Crippen molar-refractivity contribution in [3.8, 4) is 0 Å². The Hall–Kier alpha value is -2.21. The molecule has 5 nitrogen and oxygen atoms in total. The third-order valence-electron chi connectivity index (χ3n) is 3.86. The summed E-state index contributed by atoms with van der Waals surface area (Å²) < 4.78 is 0. The molecule has 3 rings (SSSR count). The molecule has 0 radical (unpaired) electrons. The number of hydrogen-bond donors (Lipinski definition) is 2. The van der Waals surface area contributed by atoms with Gasteiger partial charge in [-0.25, -0.2) is 4.98 Å². The van der Waals surface area contributed by atoms with Crippen LogP contribution in [0.25, 0.3) is 0 Å². The summed E-state index contributed by atoms with van der Waals surface area (Å²) in [5, 5.41) is 6.66. The van der Waals surface area contributed by atoms with Crippen molar-refractivity contribution in [1.29, 1.82) is 0 Å². The van der Waals surface area contributed by atoms with Gasteiger partial charge in [-0.05, 0) is 43.6 Å². The van der Waals surface area contributed by atoms with Gasteiger partial charge in [-0.2, -0.15) is 4.98 Å². The zero-order valence-electron chi connectivity index (χ0n) is 13.5. The summed E-state index contributed by atoms with van der Waals surface area (Å²) in [7, 11) is 0. The molecule has 120 valence electrons. The van der Waals surface area contributed by atoms with Gasteiger partial charge in [0, 0.05) is 31.4 Å². The molecule has 0 fully saturated rings. The Balaban J connectivity index is 1.80. The van der Waals surface area contributed by atoms with Gasteiger partial charge in [0.25, 0.3) is 0 Å². The van der Waals surface area contributed by atoms with Crippen molar-refractivity contribution in [2.45, 2.75) is 26.8 Å². The molecular formula is C17H21N5S. The number of hydrogen-bond acceptors (Lipinski definition) is 4. The lowest BCUT2D eigenvalue weighted by Gasteiger charge is -2.30. The molecule has 1 aliphatic rings. The van der Waals surface area contributed by atoms with Crippen LogP contribution in [0.15, 0.2) is 30.3 Å². The Morgan fingerprint density at radius 2 is 2.04 bits per heavy atom. The van der Waals surface area contributed by atoms with Crippen molar-refractivity contribution in [1.82, 2.24) is 15.3 Å². The van der Waals surface area contributed by atoms with Crippen LogP contribution in [0.5, 0.6) is 0 Å². The number of aryl methyl sites for hydroxylation is 1. The second-order valence-corrected chi connectivity index (χ2v) is 6.02. The fourth-order valence-electron chi connectivity index (χ4n) is 2.77. The molecule has 6 heteroatoms. The average Bonchev–Trinajstić information content (AvgIpc) is 2.54. The summed E-state index contributed by atoms with van der Waals surface area (Å²) in [6.07, 6.45) is 1.04. The zero-order valence-corrected chi connectivity index (χ0v) is 14.3. The minimum absolute atomic E-state index is 0.546. The summed E-state index contributed by atoms with van der Waals surface area (Å²) in [4.78, 5) is 11.3. The smallest absolute Gasteiger partial charge is 0.231 e. The van der Waals surface area contributed by atoms with Gasteiger partial charge in [-0.3, -0.25) is 0 Å². The topological polar surface area (TPSA) is 53.1 Å². The van der Waals surface area contributed by atoms with Crippen LogP contribution in [-0.4, -0.2) is 28.2 Å². The van der Waals surface area contributed by atoms with Crippen molar-refractivity contribution < 1.29 is 0 Å². The van der Waals surface area contributed by atoms with E-state index in [9.17, 15) is 0 Å². The van der Waals surface area contributed by atoms with Gasteiger partial charge in [0.05, 0.1) is 0 Å². The molecule has 0 saturated carbocycles. The lowest BCUT2D eigenvalue weighted by atomic mass is 10.00. The summed E-state index contributed by atoms with van der Waals surface area (Å²) in [6.45, 7) is 6.59. The largest absolute Gasteiger partial charge is 0.363 e. The molecule has 0 unspecified atom stereocenters. The van der Waals surface area contributed by atoms with Crippen LogP contribution in [0, 0.1) is 6.92 Å². The van der Waals surface area contributed by atoms with Crippen LogP contribution in [0.4, 0.5) is 11.8 Å². The lowest BCUT2D eigenvalue weighted by Crippen LogP contribution is -2.32. The Kier molecular flexibility index (Phi) is 4.71. The maximum atomic E-state index is 5.21. The number of thiocarbonyl (C=S) groups is 1. The minimum Gasteiger partial charge on any atom is -0.363 e. The molecule has 0 aliphatic carbocycles. The second-order valence-electron chi connectivity index (χ2n) is 5.62. The molecule has 2 N–H and O–H groups in total. The molecule has 0 bridgehead atoms. The first kappa shape index (κ1) is 15.7. The maximum Gasteiger partial charge on any atom is 0.231 e. The zero-order chi connectivity index (χ0) is 16.2. The number of aromatic nitrogens is 2. The van der Waals surface area contributed by atoms with Crippen LogP contribution in [0.2, 0.25) is 0 Å². The highest BCUT2D eigenvalue weighted by Crippen LogP contribution is 2.24. The summed E-state index contributed by atoms with van der Waals surface area (Å²) in [6, 6.07) is 10.6.